The highest BCUT2D eigenvalue weighted by molar-refractivity contribution is 5.95. The molecule has 1 saturated heterocycles. The molecule has 5 N–H and O–H groups in total. The van der Waals surface area contributed by atoms with E-state index in [2.05, 4.69) is 5.32 Å². The molecule has 1 aliphatic rings. The van der Waals surface area contributed by atoms with Crippen LogP contribution >= 0.6 is 0 Å². The smallest absolute Gasteiger partial charge is 0.251 e. The summed E-state index contributed by atoms with van der Waals surface area (Å²) in [6.07, 6.45) is -5.95. The molecule has 10 nitrogen and oxygen atoms in total. The molecule has 4 rings (SSSR count). The third-order valence-corrected chi connectivity index (χ3v) is 7.01. The van der Waals surface area contributed by atoms with E-state index in [1.807, 2.05) is 42.5 Å². The van der Waals surface area contributed by atoms with Gasteiger partial charge in [-0.15, -0.1) is 0 Å². The van der Waals surface area contributed by atoms with Gasteiger partial charge in [-0.25, -0.2) is 0 Å². The average Bonchev–Trinajstić information content (AvgIpc) is 3.00. The highest BCUT2D eigenvalue weighted by Crippen LogP contribution is 2.34. The van der Waals surface area contributed by atoms with Crippen molar-refractivity contribution in [3.63, 3.8) is 0 Å². The molecule has 10 heteroatoms. The van der Waals surface area contributed by atoms with Gasteiger partial charge in [0.25, 0.3) is 5.91 Å². The number of aliphatic hydroxyl groups is 4. The first-order valence-corrected chi connectivity index (χ1v) is 13.4. The SMILES string of the molecule is CNC(=O)c1cccc(-c2ccc(O[C@H]3O[C@H](CO)[C@@H](O)[C@H](O)[C@]3(O)COCCOCc3ccccc3)c(C)c2)c1. The molecule has 1 amide bonds. The van der Waals surface area contributed by atoms with Gasteiger partial charge >= 0.3 is 0 Å². The van der Waals surface area contributed by atoms with Crippen molar-refractivity contribution in [2.24, 2.45) is 0 Å². The Kier molecular flexibility index (Phi) is 10.5. The number of amides is 1. The van der Waals surface area contributed by atoms with E-state index in [0.29, 0.717) is 23.5 Å². The number of aryl methyl sites for hydroxylation is 1. The van der Waals surface area contributed by atoms with E-state index < -0.39 is 43.4 Å². The molecule has 0 spiro atoms. The van der Waals surface area contributed by atoms with E-state index >= 15 is 0 Å². The molecule has 41 heavy (non-hydrogen) atoms. The molecule has 0 bridgehead atoms. The Morgan fingerprint density at radius 2 is 1.71 bits per heavy atom. The summed E-state index contributed by atoms with van der Waals surface area (Å²) in [5.41, 5.74) is 1.73. The van der Waals surface area contributed by atoms with Crippen LogP contribution in [0.15, 0.2) is 72.8 Å². The molecule has 220 valence electrons. The Morgan fingerprint density at radius 1 is 0.976 bits per heavy atom. The third kappa shape index (κ3) is 7.30. The minimum absolute atomic E-state index is 0.108. The van der Waals surface area contributed by atoms with Gasteiger partial charge in [-0.05, 0) is 53.4 Å². The van der Waals surface area contributed by atoms with Crippen molar-refractivity contribution < 1.29 is 44.2 Å². The van der Waals surface area contributed by atoms with E-state index in [-0.39, 0.29) is 19.1 Å². The zero-order chi connectivity index (χ0) is 29.4. The quantitative estimate of drug-likeness (QED) is 0.207. The Labute approximate surface area is 239 Å². The third-order valence-electron chi connectivity index (χ3n) is 7.01. The predicted molar refractivity (Wildman–Crippen MR) is 150 cm³/mol. The van der Waals surface area contributed by atoms with E-state index in [9.17, 15) is 25.2 Å². The molecule has 5 atom stereocenters. The van der Waals surface area contributed by atoms with Gasteiger partial charge in [0.05, 0.1) is 33.0 Å². The second kappa shape index (κ2) is 14.0. The van der Waals surface area contributed by atoms with Gasteiger partial charge in [0.1, 0.15) is 24.1 Å². The second-order valence-electron chi connectivity index (χ2n) is 9.96. The summed E-state index contributed by atoms with van der Waals surface area (Å²) in [6.45, 7) is 1.52. The van der Waals surface area contributed by atoms with Gasteiger partial charge in [0, 0.05) is 12.6 Å². The fourth-order valence-electron chi connectivity index (χ4n) is 4.61. The topological polar surface area (TPSA) is 147 Å². The molecule has 3 aromatic rings. The molecule has 0 saturated carbocycles. The Balaban J connectivity index is 1.45. The molecule has 1 heterocycles. The van der Waals surface area contributed by atoms with E-state index in [1.54, 1.807) is 44.3 Å². The summed E-state index contributed by atoms with van der Waals surface area (Å²) in [5, 5.41) is 45.1. The zero-order valence-electron chi connectivity index (χ0n) is 23.1. The summed E-state index contributed by atoms with van der Waals surface area (Å²) < 4.78 is 23.0. The maximum absolute atomic E-state index is 12.0. The second-order valence-corrected chi connectivity index (χ2v) is 9.96. The summed E-state index contributed by atoms with van der Waals surface area (Å²) in [4.78, 5) is 12.0. The lowest BCUT2D eigenvalue weighted by molar-refractivity contribution is -0.330. The number of carbonyl (C=O) groups excluding carboxylic acids is 1. The summed E-state index contributed by atoms with van der Waals surface area (Å²) in [7, 11) is 1.57. The maximum atomic E-state index is 12.0. The fourth-order valence-corrected chi connectivity index (χ4v) is 4.61. The fraction of sp³-hybridized carbons (Fsp3) is 0.387. The highest BCUT2D eigenvalue weighted by atomic mass is 16.7. The zero-order valence-corrected chi connectivity index (χ0v) is 23.1. The first-order valence-electron chi connectivity index (χ1n) is 13.4. The molecule has 1 fully saturated rings. The van der Waals surface area contributed by atoms with Crippen molar-refractivity contribution in [1.29, 1.82) is 0 Å². The van der Waals surface area contributed by atoms with Crippen LogP contribution in [0.2, 0.25) is 0 Å². The first-order chi connectivity index (χ1) is 19.8. The van der Waals surface area contributed by atoms with Crippen molar-refractivity contribution in [3.05, 3.63) is 89.5 Å². The molecular weight excluding hydrogens is 530 g/mol. The Hall–Kier alpha value is -3.35. The van der Waals surface area contributed by atoms with E-state index in [0.717, 1.165) is 16.7 Å². The summed E-state index contributed by atoms with van der Waals surface area (Å²) >= 11 is 0. The van der Waals surface area contributed by atoms with Gasteiger partial charge in [-0.3, -0.25) is 4.79 Å². The van der Waals surface area contributed by atoms with Crippen molar-refractivity contribution in [2.45, 2.75) is 43.7 Å². The van der Waals surface area contributed by atoms with Crippen LogP contribution < -0.4 is 10.1 Å². The highest BCUT2D eigenvalue weighted by Gasteiger charge is 2.56. The van der Waals surface area contributed by atoms with Gasteiger partial charge < -0.3 is 44.7 Å². The molecule has 0 aliphatic carbocycles. The number of hydrogen-bond acceptors (Lipinski definition) is 9. The number of ether oxygens (including phenoxy) is 4. The van der Waals surface area contributed by atoms with Crippen molar-refractivity contribution in [3.8, 4) is 16.9 Å². The lowest BCUT2D eigenvalue weighted by Crippen LogP contribution is -2.69. The van der Waals surface area contributed by atoms with Crippen LogP contribution in [-0.4, -0.2) is 90.0 Å². The number of rotatable bonds is 12. The molecule has 3 aromatic carbocycles. The number of hydrogen-bond donors (Lipinski definition) is 5. The summed E-state index contributed by atoms with van der Waals surface area (Å²) in [5.74, 6) is 0.160. The number of nitrogens with one attached hydrogen (secondary N) is 1. The normalized spacial score (nSPS) is 24.1. The van der Waals surface area contributed by atoms with Crippen LogP contribution in [0.25, 0.3) is 11.1 Å². The van der Waals surface area contributed by atoms with Crippen LogP contribution in [0.5, 0.6) is 5.75 Å². The predicted octanol–water partition coefficient (Wildman–Crippen LogP) is 1.80. The van der Waals surface area contributed by atoms with Gasteiger partial charge in [-0.2, -0.15) is 0 Å². The Bertz CT molecular complexity index is 1290. The maximum Gasteiger partial charge on any atom is 0.251 e. The molecular formula is C31H37NO9. The average molecular weight is 568 g/mol. The van der Waals surface area contributed by atoms with Crippen LogP contribution in [0, 0.1) is 6.92 Å². The monoisotopic (exact) mass is 567 g/mol. The van der Waals surface area contributed by atoms with E-state index in [1.165, 1.54) is 0 Å². The summed E-state index contributed by atoms with van der Waals surface area (Å²) in [6, 6.07) is 22.2. The van der Waals surface area contributed by atoms with Crippen molar-refractivity contribution in [1.82, 2.24) is 5.32 Å². The lowest BCUT2D eigenvalue weighted by Gasteiger charge is -2.47. The van der Waals surface area contributed by atoms with Crippen LogP contribution in [0.3, 0.4) is 0 Å². The number of aliphatic hydroxyl groups excluding tert-OH is 3. The minimum atomic E-state index is -2.16. The van der Waals surface area contributed by atoms with Crippen molar-refractivity contribution in [2.75, 3.05) is 33.5 Å². The van der Waals surface area contributed by atoms with Crippen LogP contribution in [0.1, 0.15) is 21.5 Å². The lowest BCUT2D eigenvalue weighted by atomic mass is 9.87. The van der Waals surface area contributed by atoms with Crippen LogP contribution in [-0.2, 0) is 20.8 Å². The Morgan fingerprint density at radius 3 is 2.41 bits per heavy atom. The molecule has 0 unspecified atom stereocenters. The standard InChI is InChI=1S/C31H37NO9/c1-20-15-23(22-9-6-10-24(16-22)29(36)32-2)11-12-25(20)40-30-31(37,28(35)27(34)26(17-33)41-30)19-39-14-13-38-18-21-7-4-3-5-8-21/h3-12,15-16,26-28,30,33-35,37H,13-14,17-19H2,1-2H3,(H,32,36)/t26-,27-,28+,30+,31-/m1/s1. The van der Waals surface area contributed by atoms with Crippen molar-refractivity contribution >= 4 is 5.91 Å². The molecule has 0 aromatic heterocycles. The minimum Gasteiger partial charge on any atom is -0.461 e. The van der Waals surface area contributed by atoms with Gasteiger partial charge in [0.15, 0.2) is 5.60 Å². The van der Waals surface area contributed by atoms with Crippen LogP contribution in [0.4, 0.5) is 0 Å². The van der Waals surface area contributed by atoms with E-state index in [4.69, 9.17) is 18.9 Å². The first kappa shape index (κ1) is 30.6. The van der Waals surface area contributed by atoms with Gasteiger partial charge in [0.2, 0.25) is 6.29 Å². The molecule has 0 radical (unpaired) electrons. The van der Waals surface area contributed by atoms with Gasteiger partial charge in [-0.1, -0.05) is 48.5 Å². The largest absolute Gasteiger partial charge is 0.461 e. The number of benzene rings is 3. The molecule has 1 aliphatic heterocycles. The number of carbonyl (C=O) groups is 1.